The summed E-state index contributed by atoms with van der Waals surface area (Å²) >= 11 is 7.94. The van der Waals surface area contributed by atoms with E-state index in [4.69, 9.17) is 16.3 Å². The first-order valence-electron chi connectivity index (χ1n) is 5.50. The summed E-state index contributed by atoms with van der Waals surface area (Å²) in [4.78, 5) is 12.0. The quantitative estimate of drug-likeness (QED) is 0.802. The molecule has 0 heterocycles. The molecule has 0 saturated heterocycles. The Bertz CT molecular complexity index is 599. The molecule has 0 bridgehead atoms. The predicted octanol–water partition coefficient (Wildman–Crippen LogP) is 4.21. The van der Waals surface area contributed by atoms with Gasteiger partial charge in [-0.15, -0.1) is 0 Å². The van der Waals surface area contributed by atoms with E-state index in [2.05, 4.69) is 27.9 Å². The van der Waals surface area contributed by atoms with Gasteiger partial charge in [-0.25, -0.2) is 0 Å². The Morgan fingerprint density at radius 3 is 2.47 bits per heavy atom. The molecular formula is C14H11ClINO2. The molecule has 19 heavy (non-hydrogen) atoms. The van der Waals surface area contributed by atoms with Crippen LogP contribution in [0.25, 0.3) is 0 Å². The third-order valence-corrected chi connectivity index (χ3v) is 3.68. The van der Waals surface area contributed by atoms with Crippen LogP contribution in [0.2, 0.25) is 5.02 Å². The molecule has 2 rings (SSSR count). The molecule has 0 fully saturated rings. The van der Waals surface area contributed by atoms with Crippen molar-refractivity contribution in [1.82, 2.24) is 0 Å². The number of hydrogen-bond acceptors (Lipinski definition) is 2. The Morgan fingerprint density at radius 1 is 1.21 bits per heavy atom. The molecule has 0 aliphatic rings. The van der Waals surface area contributed by atoms with Crippen molar-refractivity contribution in [3.8, 4) is 5.75 Å². The van der Waals surface area contributed by atoms with Crippen LogP contribution in [0.15, 0.2) is 42.5 Å². The topological polar surface area (TPSA) is 38.3 Å². The molecule has 0 unspecified atom stereocenters. The highest BCUT2D eigenvalue weighted by molar-refractivity contribution is 14.1. The van der Waals surface area contributed by atoms with Crippen LogP contribution in [0.4, 0.5) is 5.69 Å². The number of amides is 1. The van der Waals surface area contributed by atoms with Crippen molar-refractivity contribution in [2.45, 2.75) is 0 Å². The number of halogens is 2. The van der Waals surface area contributed by atoms with Gasteiger partial charge in [-0.05, 0) is 65.1 Å². The van der Waals surface area contributed by atoms with Crippen LogP contribution in [0.3, 0.4) is 0 Å². The maximum Gasteiger partial charge on any atom is 0.255 e. The van der Waals surface area contributed by atoms with Crippen LogP contribution < -0.4 is 10.1 Å². The average molecular weight is 388 g/mol. The molecule has 0 aliphatic carbocycles. The minimum absolute atomic E-state index is 0.167. The lowest BCUT2D eigenvalue weighted by atomic mass is 10.2. The van der Waals surface area contributed by atoms with Gasteiger partial charge in [0, 0.05) is 14.2 Å². The van der Waals surface area contributed by atoms with Gasteiger partial charge >= 0.3 is 0 Å². The number of rotatable bonds is 3. The summed E-state index contributed by atoms with van der Waals surface area (Å²) in [5, 5.41) is 3.46. The highest BCUT2D eigenvalue weighted by atomic mass is 127. The number of anilines is 1. The molecule has 0 radical (unpaired) electrons. The summed E-state index contributed by atoms with van der Waals surface area (Å²) in [5.74, 6) is 0.591. The zero-order valence-electron chi connectivity index (χ0n) is 10.1. The van der Waals surface area contributed by atoms with E-state index in [0.717, 1.165) is 15.0 Å². The highest BCUT2D eigenvalue weighted by Gasteiger charge is 2.08. The second-order valence-electron chi connectivity index (χ2n) is 3.81. The number of ether oxygens (including phenoxy) is 1. The molecule has 0 saturated carbocycles. The van der Waals surface area contributed by atoms with Gasteiger partial charge in [0.05, 0.1) is 12.8 Å². The Morgan fingerprint density at radius 2 is 1.89 bits per heavy atom. The first kappa shape index (κ1) is 14.1. The molecule has 2 aromatic carbocycles. The molecule has 3 nitrogen and oxygen atoms in total. The summed E-state index contributed by atoms with van der Waals surface area (Å²) in [7, 11) is 1.61. The molecule has 0 aromatic heterocycles. The highest BCUT2D eigenvalue weighted by Crippen LogP contribution is 2.24. The van der Waals surface area contributed by atoms with Crippen molar-refractivity contribution < 1.29 is 9.53 Å². The van der Waals surface area contributed by atoms with Gasteiger partial charge in [0.25, 0.3) is 5.91 Å². The summed E-state index contributed by atoms with van der Waals surface area (Å²) in [6, 6.07) is 12.2. The van der Waals surface area contributed by atoms with Crippen molar-refractivity contribution in [2.24, 2.45) is 0 Å². The van der Waals surface area contributed by atoms with Crippen molar-refractivity contribution in [3.63, 3.8) is 0 Å². The number of methoxy groups -OCH3 is 1. The van der Waals surface area contributed by atoms with E-state index in [1.807, 2.05) is 12.1 Å². The average Bonchev–Trinajstić information content (AvgIpc) is 2.41. The van der Waals surface area contributed by atoms with Gasteiger partial charge in [-0.3, -0.25) is 4.79 Å². The fraction of sp³-hybridized carbons (Fsp3) is 0.0714. The molecule has 0 atom stereocenters. The zero-order chi connectivity index (χ0) is 13.8. The fourth-order valence-corrected chi connectivity index (χ4v) is 2.27. The van der Waals surface area contributed by atoms with Crippen molar-refractivity contribution in [3.05, 3.63) is 56.6 Å². The molecular weight excluding hydrogens is 377 g/mol. The molecule has 5 heteroatoms. The van der Waals surface area contributed by atoms with Crippen molar-refractivity contribution in [2.75, 3.05) is 12.4 Å². The summed E-state index contributed by atoms with van der Waals surface area (Å²) in [6.07, 6.45) is 0. The van der Waals surface area contributed by atoms with Crippen LogP contribution >= 0.6 is 34.2 Å². The van der Waals surface area contributed by atoms with Gasteiger partial charge < -0.3 is 10.1 Å². The fourth-order valence-electron chi connectivity index (χ4n) is 1.52. The van der Waals surface area contributed by atoms with Crippen LogP contribution in [-0.4, -0.2) is 13.0 Å². The maximum absolute atomic E-state index is 12.0. The number of carbonyl (C=O) groups is 1. The third kappa shape index (κ3) is 3.61. The molecule has 0 aliphatic heterocycles. The summed E-state index contributed by atoms with van der Waals surface area (Å²) in [6.45, 7) is 0. The van der Waals surface area contributed by atoms with Crippen LogP contribution in [0.5, 0.6) is 5.75 Å². The first-order chi connectivity index (χ1) is 9.10. The standard InChI is InChI=1S/C14H11ClINO2/c1-19-11-6-7-13(12(16)8-11)17-14(18)9-2-4-10(15)5-3-9/h2-8H,1H3,(H,17,18). The van der Waals surface area contributed by atoms with Gasteiger partial charge in [0.1, 0.15) is 5.75 Å². The van der Waals surface area contributed by atoms with Gasteiger partial charge in [0.2, 0.25) is 0 Å². The SMILES string of the molecule is COc1ccc(NC(=O)c2ccc(Cl)cc2)c(I)c1. The lowest BCUT2D eigenvalue weighted by molar-refractivity contribution is 0.102. The summed E-state index contributed by atoms with van der Waals surface area (Å²) in [5.41, 5.74) is 1.32. The smallest absolute Gasteiger partial charge is 0.255 e. The second-order valence-corrected chi connectivity index (χ2v) is 5.41. The minimum Gasteiger partial charge on any atom is -0.497 e. The number of benzene rings is 2. The van der Waals surface area contributed by atoms with Gasteiger partial charge in [-0.2, -0.15) is 0 Å². The van der Waals surface area contributed by atoms with E-state index in [-0.39, 0.29) is 5.91 Å². The minimum atomic E-state index is -0.167. The van der Waals surface area contributed by atoms with Crippen molar-refractivity contribution in [1.29, 1.82) is 0 Å². The number of hydrogen-bond donors (Lipinski definition) is 1. The number of nitrogens with one attached hydrogen (secondary N) is 1. The lowest BCUT2D eigenvalue weighted by Gasteiger charge is -2.09. The Kier molecular flexibility index (Phi) is 4.66. The van der Waals surface area contributed by atoms with E-state index >= 15 is 0 Å². The maximum atomic E-state index is 12.0. The second kappa shape index (κ2) is 6.25. The van der Waals surface area contributed by atoms with Crippen LogP contribution in [0.1, 0.15) is 10.4 Å². The molecule has 2 aromatic rings. The van der Waals surface area contributed by atoms with E-state index in [1.165, 1.54) is 0 Å². The third-order valence-electron chi connectivity index (χ3n) is 2.53. The molecule has 0 spiro atoms. The Balaban J connectivity index is 2.17. The predicted molar refractivity (Wildman–Crippen MR) is 85.1 cm³/mol. The van der Waals surface area contributed by atoms with Crippen LogP contribution in [0, 0.1) is 3.57 Å². The van der Waals surface area contributed by atoms with Gasteiger partial charge in [-0.1, -0.05) is 11.6 Å². The number of carbonyl (C=O) groups excluding carboxylic acids is 1. The monoisotopic (exact) mass is 387 g/mol. The lowest BCUT2D eigenvalue weighted by Crippen LogP contribution is -2.12. The largest absolute Gasteiger partial charge is 0.497 e. The normalized spacial score (nSPS) is 10.1. The van der Waals surface area contributed by atoms with Gasteiger partial charge in [0.15, 0.2) is 0 Å². The Hall–Kier alpha value is -1.27. The van der Waals surface area contributed by atoms with Crippen molar-refractivity contribution >= 4 is 45.8 Å². The summed E-state index contributed by atoms with van der Waals surface area (Å²) < 4.78 is 6.04. The zero-order valence-corrected chi connectivity index (χ0v) is 13.0. The van der Waals surface area contributed by atoms with E-state index in [0.29, 0.717) is 10.6 Å². The molecule has 1 amide bonds. The van der Waals surface area contributed by atoms with E-state index in [9.17, 15) is 4.79 Å². The first-order valence-corrected chi connectivity index (χ1v) is 6.96. The Labute approximate surface area is 130 Å². The van der Waals surface area contributed by atoms with Crippen LogP contribution in [-0.2, 0) is 0 Å². The molecule has 98 valence electrons. The van der Waals surface area contributed by atoms with E-state index in [1.54, 1.807) is 37.4 Å². The molecule has 1 N–H and O–H groups in total. The van der Waals surface area contributed by atoms with E-state index < -0.39 is 0 Å².